The number of hydrogen-bond donors (Lipinski definition) is 2. The number of nitrogens with one attached hydrogen (secondary N) is 1. The van der Waals surface area contributed by atoms with E-state index in [4.69, 9.17) is 5.11 Å². The lowest BCUT2D eigenvalue weighted by Gasteiger charge is -1.93. The second kappa shape index (κ2) is 4.14. The van der Waals surface area contributed by atoms with Crippen LogP contribution in [0.15, 0.2) is 18.2 Å². The van der Waals surface area contributed by atoms with Gasteiger partial charge in [0.2, 0.25) is 0 Å². The molecule has 14 heavy (non-hydrogen) atoms. The van der Waals surface area contributed by atoms with Crippen LogP contribution < -0.4 is 0 Å². The maximum atomic E-state index is 10.6. The normalized spacial score (nSPS) is 9.79. The molecule has 0 aliphatic rings. The molecule has 0 aliphatic carbocycles. The van der Waals surface area contributed by atoms with E-state index in [1.807, 2.05) is 0 Å². The quantitative estimate of drug-likeness (QED) is 0.791. The highest BCUT2D eigenvalue weighted by atomic mass is 127. The van der Waals surface area contributed by atoms with Crippen molar-refractivity contribution in [2.24, 2.45) is 0 Å². The first-order valence-corrected chi connectivity index (χ1v) is 4.63. The second-order valence-electron chi connectivity index (χ2n) is 2.57. The summed E-state index contributed by atoms with van der Waals surface area (Å²) in [7, 11) is 0. The van der Waals surface area contributed by atoms with Gasteiger partial charge in [0.25, 0.3) is 0 Å². The first-order chi connectivity index (χ1) is 6.18. The molecule has 1 heterocycles. The van der Waals surface area contributed by atoms with Gasteiger partial charge in [-0.15, -0.1) is 12.4 Å². The molecule has 2 aromatic rings. The molecular formula is C8H6ClIN2O2. The van der Waals surface area contributed by atoms with Gasteiger partial charge in [0.05, 0.1) is 11.1 Å². The summed E-state index contributed by atoms with van der Waals surface area (Å²) in [6, 6.07) is 4.85. The smallest absolute Gasteiger partial charge is 0.335 e. The molecule has 0 unspecified atom stereocenters. The van der Waals surface area contributed by atoms with Crippen LogP contribution in [0.5, 0.6) is 0 Å². The third-order valence-corrected chi connectivity index (χ3v) is 2.58. The number of aromatic amines is 1. The van der Waals surface area contributed by atoms with Gasteiger partial charge < -0.3 is 5.11 Å². The molecular weight excluding hydrogens is 318 g/mol. The molecule has 0 saturated carbocycles. The van der Waals surface area contributed by atoms with Crippen molar-refractivity contribution in [3.63, 3.8) is 0 Å². The Morgan fingerprint density at radius 1 is 1.50 bits per heavy atom. The number of carboxylic acids is 1. The molecule has 1 aromatic carbocycles. The van der Waals surface area contributed by atoms with Crippen LogP contribution in [0.2, 0.25) is 0 Å². The predicted octanol–water partition coefficient (Wildman–Crippen LogP) is 2.29. The van der Waals surface area contributed by atoms with Crippen molar-refractivity contribution in [1.82, 2.24) is 10.2 Å². The summed E-state index contributed by atoms with van der Waals surface area (Å²) in [5, 5.41) is 16.4. The van der Waals surface area contributed by atoms with Crippen LogP contribution in [0.3, 0.4) is 0 Å². The number of H-pyrrole nitrogens is 1. The third kappa shape index (κ3) is 1.83. The zero-order valence-corrected chi connectivity index (χ0v) is 9.79. The molecule has 0 atom stereocenters. The van der Waals surface area contributed by atoms with Crippen molar-refractivity contribution in [2.75, 3.05) is 0 Å². The molecule has 74 valence electrons. The molecule has 0 fully saturated rings. The zero-order chi connectivity index (χ0) is 9.42. The number of aromatic carboxylic acids is 1. The highest BCUT2D eigenvalue weighted by Gasteiger charge is 2.07. The van der Waals surface area contributed by atoms with E-state index in [1.165, 1.54) is 0 Å². The lowest BCUT2D eigenvalue weighted by Crippen LogP contribution is -1.94. The molecule has 4 nitrogen and oxygen atoms in total. The van der Waals surface area contributed by atoms with E-state index in [0.29, 0.717) is 0 Å². The van der Waals surface area contributed by atoms with Gasteiger partial charge in [0, 0.05) is 5.39 Å². The first kappa shape index (κ1) is 11.3. The molecule has 0 amide bonds. The van der Waals surface area contributed by atoms with Gasteiger partial charge in [-0.1, -0.05) is 0 Å². The molecule has 1 aromatic heterocycles. The average Bonchev–Trinajstić information content (AvgIpc) is 2.47. The Kier molecular flexibility index (Phi) is 3.33. The number of nitrogens with zero attached hydrogens (tertiary/aromatic N) is 1. The van der Waals surface area contributed by atoms with Gasteiger partial charge in [-0.3, -0.25) is 5.10 Å². The van der Waals surface area contributed by atoms with Gasteiger partial charge in [-0.05, 0) is 40.8 Å². The summed E-state index contributed by atoms with van der Waals surface area (Å²) < 4.78 is 0.857. The fraction of sp³-hybridized carbons (Fsp3) is 0. The summed E-state index contributed by atoms with van der Waals surface area (Å²) in [6.45, 7) is 0. The van der Waals surface area contributed by atoms with Gasteiger partial charge in [-0.2, -0.15) is 5.10 Å². The highest BCUT2D eigenvalue weighted by Crippen LogP contribution is 2.18. The van der Waals surface area contributed by atoms with Crippen molar-refractivity contribution in [1.29, 1.82) is 0 Å². The lowest BCUT2D eigenvalue weighted by molar-refractivity contribution is 0.0697. The summed E-state index contributed by atoms with van der Waals surface area (Å²) in [4.78, 5) is 10.6. The maximum absolute atomic E-state index is 10.6. The van der Waals surface area contributed by atoms with Gasteiger partial charge in [0.1, 0.15) is 3.70 Å². The van der Waals surface area contributed by atoms with Gasteiger partial charge >= 0.3 is 5.97 Å². The van der Waals surface area contributed by atoms with Crippen LogP contribution in [-0.4, -0.2) is 21.3 Å². The number of fused-ring (bicyclic) bond motifs is 1. The van der Waals surface area contributed by atoms with Crippen molar-refractivity contribution in [3.05, 3.63) is 27.5 Å². The van der Waals surface area contributed by atoms with Crippen LogP contribution in [0.4, 0.5) is 0 Å². The Balaban J connectivity index is 0.000000980. The summed E-state index contributed by atoms with van der Waals surface area (Å²) in [5.41, 5.74) is 1.07. The van der Waals surface area contributed by atoms with E-state index in [1.54, 1.807) is 18.2 Å². The molecule has 0 bridgehead atoms. The molecule has 0 spiro atoms. The number of benzene rings is 1. The van der Waals surface area contributed by atoms with Crippen LogP contribution in [-0.2, 0) is 0 Å². The monoisotopic (exact) mass is 324 g/mol. The molecule has 6 heteroatoms. The van der Waals surface area contributed by atoms with E-state index < -0.39 is 5.97 Å². The van der Waals surface area contributed by atoms with E-state index in [-0.39, 0.29) is 18.0 Å². The topological polar surface area (TPSA) is 66.0 Å². The van der Waals surface area contributed by atoms with Crippen molar-refractivity contribution in [2.45, 2.75) is 0 Å². The SMILES string of the molecule is Cl.O=C(O)c1ccc2n[nH]c(I)c2c1. The van der Waals surface area contributed by atoms with Crippen molar-refractivity contribution < 1.29 is 9.90 Å². The second-order valence-corrected chi connectivity index (χ2v) is 3.65. The van der Waals surface area contributed by atoms with Crippen LogP contribution in [0, 0.1) is 3.70 Å². The van der Waals surface area contributed by atoms with Crippen LogP contribution in [0.25, 0.3) is 10.9 Å². The number of halogens is 2. The van der Waals surface area contributed by atoms with E-state index >= 15 is 0 Å². The lowest BCUT2D eigenvalue weighted by atomic mass is 10.2. The Labute approximate surface area is 99.2 Å². The Morgan fingerprint density at radius 2 is 2.21 bits per heavy atom. The zero-order valence-electron chi connectivity index (χ0n) is 6.82. The number of aromatic nitrogens is 2. The highest BCUT2D eigenvalue weighted by molar-refractivity contribution is 14.1. The van der Waals surface area contributed by atoms with Gasteiger partial charge in [0.15, 0.2) is 0 Å². The molecule has 0 radical (unpaired) electrons. The fourth-order valence-corrected chi connectivity index (χ4v) is 1.66. The minimum Gasteiger partial charge on any atom is -0.478 e. The number of hydrogen-bond acceptors (Lipinski definition) is 2. The molecule has 0 aliphatic heterocycles. The largest absolute Gasteiger partial charge is 0.478 e. The Hall–Kier alpha value is -0.820. The fourth-order valence-electron chi connectivity index (χ4n) is 1.11. The first-order valence-electron chi connectivity index (χ1n) is 3.55. The maximum Gasteiger partial charge on any atom is 0.335 e. The van der Waals surface area contributed by atoms with E-state index in [0.717, 1.165) is 14.6 Å². The van der Waals surface area contributed by atoms with E-state index in [2.05, 4.69) is 32.8 Å². The summed E-state index contributed by atoms with van der Waals surface area (Å²) in [6.07, 6.45) is 0. The van der Waals surface area contributed by atoms with Crippen molar-refractivity contribution in [3.8, 4) is 0 Å². The summed E-state index contributed by atoms with van der Waals surface area (Å²) in [5.74, 6) is -0.918. The average molecular weight is 325 g/mol. The Morgan fingerprint density at radius 3 is 2.86 bits per heavy atom. The standard InChI is InChI=1S/C8H5IN2O2.ClH/c9-7-5-3-4(8(12)13)1-2-6(5)10-11-7;/h1-3H,(H,10,11)(H,12,13);1H. The molecule has 2 N–H and O–H groups in total. The predicted molar refractivity (Wildman–Crippen MR) is 63.0 cm³/mol. The summed E-state index contributed by atoms with van der Waals surface area (Å²) >= 11 is 2.08. The minimum absolute atomic E-state index is 0. The Bertz CT molecular complexity index is 483. The van der Waals surface area contributed by atoms with Gasteiger partial charge in [-0.25, -0.2) is 4.79 Å². The minimum atomic E-state index is -0.918. The number of rotatable bonds is 1. The van der Waals surface area contributed by atoms with Crippen LogP contribution >= 0.6 is 35.0 Å². The van der Waals surface area contributed by atoms with E-state index in [9.17, 15) is 4.79 Å². The van der Waals surface area contributed by atoms with Crippen LogP contribution in [0.1, 0.15) is 10.4 Å². The third-order valence-electron chi connectivity index (χ3n) is 1.75. The molecule has 2 rings (SSSR count). The molecule has 0 saturated heterocycles. The van der Waals surface area contributed by atoms with Crippen molar-refractivity contribution >= 4 is 51.9 Å². The number of carboxylic acid groups (broad SMARTS) is 1. The number of carbonyl (C=O) groups is 1.